The summed E-state index contributed by atoms with van der Waals surface area (Å²) in [4.78, 5) is 26.0. The van der Waals surface area contributed by atoms with Gasteiger partial charge in [-0.25, -0.2) is 9.97 Å². The number of hydrogen-bond donors (Lipinski definition) is 0. The minimum atomic E-state index is 0.145. The highest BCUT2D eigenvalue weighted by molar-refractivity contribution is 6.30. The predicted molar refractivity (Wildman–Crippen MR) is 122 cm³/mol. The maximum atomic E-state index is 13.0. The molecule has 164 valence electrons. The number of nitrogens with zero attached hydrogens (tertiary/aromatic N) is 7. The fraction of sp³-hybridized carbons (Fsp3) is 0.500. The van der Waals surface area contributed by atoms with Crippen LogP contribution >= 0.6 is 11.6 Å². The number of rotatable bonds is 7. The highest BCUT2D eigenvalue weighted by atomic mass is 35.5. The average Bonchev–Trinajstić information content (AvgIpc) is 3.23. The van der Waals surface area contributed by atoms with E-state index in [0.29, 0.717) is 35.2 Å². The van der Waals surface area contributed by atoms with Gasteiger partial charge in [-0.3, -0.25) is 4.79 Å². The van der Waals surface area contributed by atoms with Crippen molar-refractivity contribution in [1.29, 1.82) is 0 Å². The Balaban J connectivity index is 1.51. The SMILES string of the molecule is CCCC(CCC)C(=O)N1CCN(c2ncnc3c2nnn3-c2ccc(Cl)cc2)CC1. The number of amides is 1. The van der Waals surface area contributed by atoms with Gasteiger partial charge < -0.3 is 9.80 Å². The molecule has 4 rings (SSSR count). The summed E-state index contributed by atoms with van der Waals surface area (Å²) in [6.07, 6.45) is 5.56. The van der Waals surface area contributed by atoms with Crippen molar-refractivity contribution in [1.82, 2.24) is 29.9 Å². The van der Waals surface area contributed by atoms with Crippen molar-refractivity contribution in [2.24, 2.45) is 5.92 Å². The van der Waals surface area contributed by atoms with Crippen LogP contribution in [0.2, 0.25) is 5.02 Å². The quantitative estimate of drug-likeness (QED) is 0.555. The number of aromatic nitrogens is 5. The smallest absolute Gasteiger partial charge is 0.225 e. The van der Waals surface area contributed by atoms with E-state index in [1.807, 2.05) is 29.2 Å². The van der Waals surface area contributed by atoms with Crippen LogP contribution in [0.1, 0.15) is 39.5 Å². The molecule has 0 atom stereocenters. The molecule has 1 aliphatic rings. The van der Waals surface area contributed by atoms with Gasteiger partial charge in [0.05, 0.1) is 5.69 Å². The summed E-state index contributed by atoms with van der Waals surface area (Å²) in [5, 5.41) is 9.31. The van der Waals surface area contributed by atoms with E-state index in [2.05, 4.69) is 39.0 Å². The van der Waals surface area contributed by atoms with Crippen LogP contribution in [0, 0.1) is 5.92 Å². The molecule has 9 heteroatoms. The minimum Gasteiger partial charge on any atom is -0.351 e. The Kier molecular flexibility index (Phi) is 6.65. The summed E-state index contributed by atoms with van der Waals surface area (Å²) in [5.74, 6) is 1.20. The highest BCUT2D eigenvalue weighted by Crippen LogP contribution is 2.25. The summed E-state index contributed by atoms with van der Waals surface area (Å²) in [5.41, 5.74) is 2.15. The fourth-order valence-electron chi connectivity index (χ4n) is 4.21. The molecule has 1 amide bonds. The molecule has 1 saturated heterocycles. The van der Waals surface area contributed by atoms with Crippen molar-refractivity contribution < 1.29 is 4.79 Å². The van der Waals surface area contributed by atoms with Crippen molar-refractivity contribution >= 4 is 34.5 Å². The Morgan fingerprint density at radius 2 is 1.71 bits per heavy atom. The van der Waals surface area contributed by atoms with Gasteiger partial charge in [0, 0.05) is 37.1 Å². The molecule has 31 heavy (non-hydrogen) atoms. The first kappa shape index (κ1) is 21.5. The van der Waals surface area contributed by atoms with E-state index >= 15 is 0 Å². The molecule has 3 heterocycles. The van der Waals surface area contributed by atoms with E-state index in [4.69, 9.17) is 11.6 Å². The van der Waals surface area contributed by atoms with Gasteiger partial charge in [-0.15, -0.1) is 5.10 Å². The Morgan fingerprint density at radius 3 is 2.35 bits per heavy atom. The van der Waals surface area contributed by atoms with Gasteiger partial charge in [0.15, 0.2) is 17.0 Å². The number of hydrogen-bond acceptors (Lipinski definition) is 6. The van der Waals surface area contributed by atoms with Gasteiger partial charge in [-0.1, -0.05) is 43.5 Å². The molecule has 0 bridgehead atoms. The number of halogens is 1. The maximum absolute atomic E-state index is 13.0. The van der Waals surface area contributed by atoms with Crippen LogP contribution in [0.4, 0.5) is 5.82 Å². The van der Waals surface area contributed by atoms with Gasteiger partial charge in [0.2, 0.25) is 5.91 Å². The second-order valence-electron chi connectivity index (χ2n) is 7.93. The molecule has 1 fully saturated rings. The van der Waals surface area contributed by atoms with E-state index in [-0.39, 0.29) is 5.92 Å². The van der Waals surface area contributed by atoms with Crippen molar-refractivity contribution in [3.8, 4) is 5.69 Å². The lowest BCUT2D eigenvalue weighted by molar-refractivity contribution is -0.136. The van der Waals surface area contributed by atoms with Crippen LogP contribution in [0.25, 0.3) is 16.9 Å². The third-order valence-electron chi connectivity index (χ3n) is 5.80. The number of carbonyl (C=O) groups excluding carboxylic acids is 1. The van der Waals surface area contributed by atoms with Crippen LogP contribution in [-0.2, 0) is 4.79 Å². The molecule has 1 aromatic carbocycles. The zero-order chi connectivity index (χ0) is 21.8. The molecule has 0 saturated carbocycles. The molecule has 0 unspecified atom stereocenters. The molecule has 8 nitrogen and oxygen atoms in total. The van der Waals surface area contributed by atoms with Crippen molar-refractivity contribution in [3.05, 3.63) is 35.6 Å². The molecule has 0 N–H and O–H groups in total. The average molecular weight is 442 g/mol. The van der Waals surface area contributed by atoms with Gasteiger partial charge >= 0.3 is 0 Å². The maximum Gasteiger partial charge on any atom is 0.225 e. The molecule has 0 spiro atoms. The van der Waals surface area contributed by atoms with Gasteiger partial charge in [-0.2, -0.15) is 4.68 Å². The fourth-order valence-corrected chi connectivity index (χ4v) is 4.34. The van der Waals surface area contributed by atoms with Crippen molar-refractivity contribution in [2.45, 2.75) is 39.5 Å². The summed E-state index contributed by atoms with van der Waals surface area (Å²) < 4.78 is 1.69. The molecule has 2 aromatic heterocycles. The second kappa shape index (κ2) is 9.60. The first-order valence-electron chi connectivity index (χ1n) is 11.0. The van der Waals surface area contributed by atoms with E-state index in [1.165, 1.54) is 0 Å². The number of carbonyl (C=O) groups is 1. The minimum absolute atomic E-state index is 0.145. The Morgan fingerprint density at radius 1 is 1.03 bits per heavy atom. The standard InChI is InChI=1S/C22H28ClN7O/c1-3-5-16(6-4-2)22(31)29-13-11-28(12-14-29)20-19-21(25-15-24-20)30(27-26-19)18-9-7-17(23)8-10-18/h7-10,15-16H,3-6,11-14H2,1-2H3. The highest BCUT2D eigenvalue weighted by Gasteiger charge is 2.28. The van der Waals surface area contributed by atoms with Crippen LogP contribution in [0.15, 0.2) is 30.6 Å². The Bertz CT molecular complexity index is 1020. The van der Waals surface area contributed by atoms with Crippen LogP contribution in [0.5, 0.6) is 0 Å². The number of benzene rings is 1. The Hall–Kier alpha value is -2.74. The van der Waals surface area contributed by atoms with E-state index < -0.39 is 0 Å². The third kappa shape index (κ3) is 4.49. The van der Waals surface area contributed by atoms with Gasteiger partial charge in [-0.05, 0) is 37.1 Å². The zero-order valence-corrected chi connectivity index (χ0v) is 18.8. The number of anilines is 1. The number of fused-ring (bicyclic) bond motifs is 1. The number of piperazine rings is 1. The van der Waals surface area contributed by atoms with E-state index in [0.717, 1.165) is 50.3 Å². The molecule has 1 aliphatic heterocycles. The topological polar surface area (TPSA) is 80.0 Å². The third-order valence-corrected chi connectivity index (χ3v) is 6.06. The normalized spacial score (nSPS) is 14.6. The van der Waals surface area contributed by atoms with Crippen LogP contribution in [0.3, 0.4) is 0 Å². The lowest BCUT2D eigenvalue weighted by Crippen LogP contribution is -2.50. The first-order valence-corrected chi connectivity index (χ1v) is 11.4. The molecular weight excluding hydrogens is 414 g/mol. The first-order chi connectivity index (χ1) is 15.1. The molecule has 0 aliphatic carbocycles. The van der Waals surface area contributed by atoms with Crippen LogP contribution in [-0.4, -0.2) is 61.9 Å². The lowest BCUT2D eigenvalue weighted by Gasteiger charge is -2.37. The summed E-state index contributed by atoms with van der Waals surface area (Å²) in [7, 11) is 0. The molecular formula is C22H28ClN7O. The summed E-state index contributed by atoms with van der Waals surface area (Å²) >= 11 is 6.00. The summed E-state index contributed by atoms with van der Waals surface area (Å²) in [6.45, 7) is 7.11. The van der Waals surface area contributed by atoms with Crippen LogP contribution < -0.4 is 4.90 Å². The van der Waals surface area contributed by atoms with Crippen molar-refractivity contribution in [3.63, 3.8) is 0 Å². The van der Waals surface area contributed by atoms with Gasteiger partial charge in [0.1, 0.15) is 6.33 Å². The van der Waals surface area contributed by atoms with Crippen molar-refractivity contribution in [2.75, 3.05) is 31.1 Å². The largest absolute Gasteiger partial charge is 0.351 e. The zero-order valence-electron chi connectivity index (χ0n) is 18.0. The molecule has 3 aromatic rings. The predicted octanol–water partition coefficient (Wildman–Crippen LogP) is 3.73. The second-order valence-corrected chi connectivity index (χ2v) is 8.37. The monoisotopic (exact) mass is 441 g/mol. The van der Waals surface area contributed by atoms with Gasteiger partial charge in [0.25, 0.3) is 0 Å². The lowest BCUT2D eigenvalue weighted by atomic mass is 9.96. The Labute approximate surface area is 187 Å². The van der Waals surface area contributed by atoms with E-state index in [1.54, 1.807) is 11.0 Å². The summed E-state index contributed by atoms with van der Waals surface area (Å²) in [6, 6.07) is 7.39. The molecule has 0 radical (unpaired) electrons. The van der Waals surface area contributed by atoms with E-state index in [9.17, 15) is 4.79 Å².